The summed E-state index contributed by atoms with van der Waals surface area (Å²) in [5.41, 5.74) is 1.69. The van der Waals surface area contributed by atoms with Crippen molar-refractivity contribution in [1.82, 2.24) is 4.90 Å². The topological polar surface area (TPSA) is 43.8 Å². The fourth-order valence-corrected chi connectivity index (χ4v) is 3.66. The maximum absolute atomic E-state index is 13.0. The molecule has 1 aliphatic heterocycles. The third-order valence-electron chi connectivity index (χ3n) is 5.65. The molecule has 0 bridgehead atoms. The molecule has 1 aliphatic rings. The summed E-state index contributed by atoms with van der Waals surface area (Å²) in [6, 6.07) is 14.4. The van der Waals surface area contributed by atoms with Gasteiger partial charge in [0, 0.05) is 32.4 Å². The molecule has 1 fully saturated rings. The van der Waals surface area contributed by atoms with Crippen molar-refractivity contribution in [2.45, 2.75) is 44.8 Å². The zero-order chi connectivity index (χ0) is 20.3. The van der Waals surface area contributed by atoms with Crippen LogP contribution in [-0.2, 0) is 11.3 Å². The summed E-state index contributed by atoms with van der Waals surface area (Å²) in [5.74, 6) is -0.0669. The molecule has 1 amide bonds. The molecule has 2 aromatic rings. The number of likely N-dealkylation sites (N-methyl/N-ethyl adjacent to an activating group) is 1. The van der Waals surface area contributed by atoms with E-state index in [4.69, 9.17) is 0 Å². The number of halogens is 1. The van der Waals surface area contributed by atoms with Crippen molar-refractivity contribution >= 4 is 11.6 Å². The highest BCUT2D eigenvalue weighted by Crippen LogP contribution is 2.28. The van der Waals surface area contributed by atoms with Crippen LogP contribution in [0.1, 0.15) is 43.7 Å². The molecule has 0 spiro atoms. The number of carbonyl (C=O) groups is 1. The lowest BCUT2D eigenvalue weighted by atomic mass is 9.89. The quantitative estimate of drug-likeness (QED) is 0.849. The molecule has 0 atom stereocenters. The molecule has 4 nitrogen and oxygen atoms in total. The summed E-state index contributed by atoms with van der Waals surface area (Å²) in [4.78, 5) is 16.7. The third kappa shape index (κ3) is 4.59. The summed E-state index contributed by atoms with van der Waals surface area (Å²) in [5, 5.41) is 11.0. The van der Waals surface area contributed by atoms with E-state index in [-0.39, 0.29) is 11.7 Å². The van der Waals surface area contributed by atoms with Gasteiger partial charge in [-0.05, 0) is 54.2 Å². The van der Waals surface area contributed by atoms with E-state index < -0.39 is 5.60 Å². The highest BCUT2D eigenvalue weighted by molar-refractivity contribution is 5.99. The van der Waals surface area contributed by atoms with Crippen molar-refractivity contribution in [2.75, 3.05) is 25.0 Å². The van der Waals surface area contributed by atoms with Gasteiger partial charge in [0.25, 0.3) is 5.91 Å². The lowest BCUT2D eigenvalue weighted by molar-refractivity contribution is -0.141. The first-order valence-corrected chi connectivity index (χ1v) is 9.86. The number of likely N-dealkylation sites (tertiary alicyclic amines) is 1. The van der Waals surface area contributed by atoms with Crippen LogP contribution in [-0.4, -0.2) is 41.7 Å². The van der Waals surface area contributed by atoms with Crippen LogP contribution in [0.4, 0.5) is 10.1 Å². The van der Waals surface area contributed by atoms with Crippen LogP contribution in [0.25, 0.3) is 0 Å². The number of rotatable bonds is 5. The number of hydrogen-bond donors (Lipinski definition) is 1. The number of nitrogens with zero attached hydrogens (tertiary/aromatic N) is 2. The van der Waals surface area contributed by atoms with Gasteiger partial charge in [0.15, 0.2) is 0 Å². The zero-order valence-electron chi connectivity index (χ0n) is 16.9. The van der Waals surface area contributed by atoms with Gasteiger partial charge in [0.1, 0.15) is 11.4 Å². The standard InChI is InChI=1S/C23H29FN2O2/c1-17(2)19-6-10-21(11-7-19)25(3)22(27)23(28)12-14-26(15-13-23)16-18-4-8-20(24)9-5-18/h4-11,17,28H,12-16H2,1-3H3. The van der Waals surface area contributed by atoms with E-state index in [9.17, 15) is 14.3 Å². The maximum atomic E-state index is 13.0. The molecule has 2 aromatic carbocycles. The number of carbonyl (C=O) groups excluding carboxylic acids is 1. The number of amides is 1. The molecule has 1 saturated heterocycles. The van der Waals surface area contributed by atoms with Crippen LogP contribution < -0.4 is 4.90 Å². The SMILES string of the molecule is CC(C)c1ccc(N(C)C(=O)C2(O)CCN(Cc3ccc(F)cc3)CC2)cc1. The van der Waals surface area contributed by atoms with Gasteiger partial charge in [0.05, 0.1) is 0 Å². The average Bonchev–Trinajstić information content (AvgIpc) is 2.70. The van der Waals surface area contributed by atoms with E-state index in [1.165, 1.54) is 17.7 Å². The van der Waals surface area contributed by atoms with Crippen molar-refractivity contribution in [2.24, 2.45) is 0 Å². The first-order valence-electron chi connectivity index (χ1n) is 9.86. The zero-order valence-corrected chi connectivity index (χ0v) is 16.9. The molecule has 5 heteroatoms. The molecule has 0 aliphatic carbocycles. The minimum atomic E-state index is -1.34. The van der Waals surface area contributed by atoms with Gasteiger partial charge in [-0.3, -0.25) is 9.69 Å². The fraction of sp³-hybridized carbons (Fsp3) is 0.435. The molecule has 28 heavy (non-hydrogen) atoms. The lowest BCUT2D eigenvalue weighted by Gasteiger charge is -2.39. The largest absolute Gasteiger partial charge is 0.380 e. The molecular weight excluding hydrogens is 355 g/mol. The van der Waals surface area contributed by atoms with Gasteiger partial charge in [-0.2, -0.15) is 0 Å². The first kappa shape index (κ1) is 20.5. The van der Waals surface area contributed by atoms with Crippen molar-refractivity contribution < 1.29 is 14.3 Å². The van der Waals surface area contributed by atoms with Gasteiger partial charge >= 0.3 is 0 Å². The predicted octanol–water partition coefficient (Wildman–Crippen LogP) is 3.94. The lowest BCUT2D eigenvalue weighted by Crippen LogP contribution is -2.54. The van der Waals surface area contributed by atoms with Gasteiger partial charge in [-0.15, -0.1) is 0 Å². The van der Waals surface area contributed by atoms with Crippen LogP contribution in [0.5, 0.6) is 0 Å². The Morgan fingerprint density at radius 1 is 1.11 bits per heavy atom. The minimum Gasteiger partial charge on any atom is -0.380 e. The van der Waals surface area contributed by atoms with Crippen molar-refractivity contribution in [3.63, 3.8) is 0 Å². The molecule has 0 radical (unpaired) electrons. The van der Waals surface area contributed by atoms with Crippen LogP contribution in [0.3, 0.4) is 0 Å². The highest BCUT2D eigenvalue weighted by Gasteiger charge is 2.41. The molecule has 1 N–H and O–H groups in total. The molecule has 0 aromatic heterocycles. The van der Waals surface area contributed by atoms with Crippen molar-refractivity contribution in [3.8, 4) is 0 Å². The van der Waals surface area contributed by atoms with Crippen molar-refractivity contribution in [3.05, 3.63) is 65.5 Å². The Balaban J connectivity index is 1.60. The van der Waals surface area contributed by atoms with Crippen LogP contribution in [0.15, 0.2) is 48.5 Å². The number of hydrogen-bond acceptors (Lipinski definition) is 3. The number of aliphatic hydroxyl groups is 1. The van der Waals surface area contributed by atoms with E-state index >= 15 is 0 Å². The summed E-state index contributed by atoms with van der Waals surface area (Å²) < 4.78 is 13.0. The van der Waals surface area contributed by atoms with E-state index in [1.54, 1.807) is 24.1 Å². The molecule has 0 saturated carbocycles. The number of benzene rings is 2. The summed E-state index contributed by atoms with van der Waals surface area (Å²) in [6.45, 7) is 6.20. The maximum Gasteiger partial charge on any atom is 0.258 e. The van der Waals surface area contributed by atoms with E-state index in [0.717, 1.165) is 11.3 Å². The van der Waals surface area contributed by atoms with Crippen molar-refractivity contribution in [1.29, 1.82) is 0 Å². The Labute approximate surface area is 166 Å². The molecule has 150 valence electrons. The van der Waals surface area contributed by atoms with E-state index in [1.807, 2.05) is 24.3 Å². The Hall–Kier alpha value is -2.24. The van der Waals surface area contributed by atoms with Gasteiger partial charge < -0.3 is 10.0 Å². The summed E-state index contributed by atoms with van der Waals surface area (Å²) in [7, 11) is 1.72. The Bertz CT molecular complexity index is 794. The van der Waals surface area contributed by atoms with Gasteiger partial charge in [-0.25, -0.2) is 4.39 Å². The smallest absolute Gasteiger partial charge is 0.258 e. The van der Waals surface area contributed by atoms with Gasteiger partial charge in [0.2, 0.25) is 0 Å². The molecule has 3 rings (SSSR count). The second kappa shape index (κ2) is 8.41. The minimum absolute atomic E-state index is 0.244. The second-order valence-corrected chi connectivity index (χ2v) is 8.04. The predicted molar refractivity (Wildman–Crippen MR) is 110 cm³/mol. The van der Waals surface area contributed by atoms with E-state index in [2.05, 4.69) is 18.7 Å². The summed E-state index contributed by atoms with van der Waals surface area (Å²) in [6.07, 6.45) is 0.781. The molecule has 0 unspecified atom stereocenters. The van der Waals surface area contributed by atoms with Crippen LogP contribution >= 0.6 is 0 Å². The molecule has 1 heterocycles. The molecular formula is C23H29FN2O2. The van der Waals surface area contributed by atoms with Crippen LogP contribution in [0.2, 0.25) is 0 Å². The Morgan fingerprint density at radius 3 is 2.21 bits per heavy atom. The number of anilines is 1. The first-order chi connectivity index (χ1) is 13.3. The third-order valence-corrected chi connectivity index (χ3v) is 5.65. The fourth-order valence-electron chi connectivity index (χ4n) is 3.66. The normalized spacial score (nSPS) is 16.9. The summed E-state index contributed by atoms with van der Waals surface area (Å²) >= 11 is 0. The Morgan fingerprint density at radius 2 is 1.68 bits per heavy atom. The monoisotopic (exact) mass is 384 g/mol. The average molecular weight is 384 g/mol. The van der Waals surface area contributed by atoms with E-state index in [0.29, 0.717) is 38.4 Å². The Kier molecular flexibility index (Phi) is 6.16. The number of piperidine rings is 1. The van der Waals surface area contributed by atoms with Gasteiger partial charge in [-0.1, -0.05) is 38.1 Å². The highest BCUT2D eigenvalue weighted by atomic mass is 19.1. The van der Waals surface area contributed by atoms with Crippen LogP contribution in [0, 0.1) is 5.82 Å². The second-order valence-electron chi connectivity index (χ2n) is 8.04.